The molecule has 34 heavy (non-hydrogen) atoms. The molecule has 0 saturated heterocycles. The summed E-state index contributed by atoms with van der Waals surface area (Å²) in [6.07, 6.45) is 3.32. The molecule has 2 amide bonds. The first-order valence-electron chi connectivity index (χ1n) is 10.8. The Balaban J connectivity index is 2.18. The molecule has 2 aromatic carbocycles. The van der Waals surface area contributed by atoms with Crippen LogP contribution in [0.3, 0.4) is 0 Å². The van der Waals surface area contributed by atoms with E-state index in [1.165, 1.54) is 24.3 Å². The van der Waals surface area contributed by atoms with Gasteiger partial charge in [-0.2, -0.15) is 0 Å². The summed E-state index contributed by atoms with van der Waals surface area (Å²) in [4.78, 5) is 46.6. The molecule has 0 aliphatic rings. The summed E-state index contributed by atoms with van der Waals surface area (Å²) >= 11 is 0. The predicted octanol–water partition coefficient (Wildman–Crippen LogP) is 3.53. The van der Waals surface area contributed by atoms with Gasteiger partial charge in [0.25, 0.3) is 17.5 Å². The van der Waals surface area contributed by atoms with Crippen molar-refractivity contribution in [2.24, 2.45) is 0 Å². The molecule has 0 atom stereocenters. The van der Waals surface area contributed by atoms with Crippen LogP contribution in [0, 0.1) is 10.1 Å². The highest BCUT2D eigenvalue weighted by molar-refractivity contribution is 6.05. The lowest BCUT2D eigenvalue weighted by Crippen LogP contribution is -2.35. The zero-order valence-corrected chi connectivity index (χ0v) is 18.8. The van der Waals surface area contributed by atoms with Crippen LogP contribution in [-0.4, -0.2) is 41.0 Å². The number of carbonyl (C=O) groups excluding carboxylic acids is 2. The average molecular weight is 469 g/mol. The zero-order valence-electron chi connectivity index (χ0n) is 18.8. The van der Waals surface area contributed by atoms with Gasteiger partial charge in [0.1, 0.15) is 11.4 Å². The largest absolute Gasteiger partial charge is 0.494 e. The Morgan fingerprint density at radius 3 is 2.50 bits per heavy atom. The highest BCUT2D eigenvalue weighted by Crippen LogP contribution is 2.16. The van der Waals surface area contributed by atoms with Gasteiger partial charge in [-0.05, 0) is 48.7 Å². The fourth-order valence-electron chi connectivity index (χ4n) is 2.82. The van der Waals surface area contributed by atoms with Crippen LogP contribution in [-0.2, 0) is 9.59 Å². The highest BCUT2D eigenvalue weighted by Gasteiger charge is 2.16. The third-order valence-electron chi connectivity index (χ3n) is 4.62. The minimum absolute atomic E-state index is 0.0804. The maximum Gasteiger partial charge on any atom is 0.303 e. The summed E-state index contributed by atoms with van der Waals surface area (Å²) < 4.78 is 5.58. The monoisotopic (exact) mass is 469 g/mol. The molecule has 0 aromatic heterocycles. The second-order valence-electron chi connectivity index (χ2n) is 7.34. The van der Waals surface area contributed by atoms with Crippen LogP contribution in [0.15, 0.2) is 54.2 Å². The molecule has 0 aliphatic heterocycles. The van der Waals surface area contributed by atoms with Gasteiger partial charge >= 0.3 is 5.97 Å². The smallest absolute Gasteiger partial charge is 0.303 e. The molecule has 0 saturated carbocycles. The number of non-ortho nitro benzene ring substituents is 1. The van der Waals surface area contributed by atoms with Gasteiger partial charge in [0.15, 0.2) is 0 Å². The number of nitrogens with zero attached hydrogens (tertiary/aromatic N) is 1. The van der Waals surface area contributed by atoms with Crippen molar-refractivity contribution in [1.82, 2.24) is 10.6 Å². The van der Waals surface area contributed by atoms with Crippen LogP contribution in [0.2, 0.25) is 0 Å². The van der Waals surface area contributed by atoms with Gasteiger partial charge in [0, 0.05) is 30.7 Å². The Kier molecular flexibility index (Phi) is 10.2. The molecule has 0 spiro atoms. The van der Waals surface area contributed by atoms with Crippen LogP contribution >= 0.6 is 0 Å². The summed E-state index contributed by atoms with van der Waals surface area (Å²) in [7, 11) is 0. The fourth-order valence-corrected chi connectivity index (χ4v) is 2.82. The van der Waals surface area contributed by atoms with Gasteiger partial charge < -0.3 is 20.5 Å². The van der Waals surface area contributed by atoms with Crippen LogP contribution in [0.4, 0.5) is 5.69 Å². The number of amides is 2. The Morgan fingerprint density at radius 1 is 1.12 bits per heavy atom. The van der Waals surface area contributed by atoms with Crippen LogP contribution < -0.4 is 15.4 Å². The van der Waals surface area contributed by atoms with E-state index in [0.717, 1.165) is 12.8 Å². The van der Waals surface area contributed by atoms with E-state index in [9.17, 15) is 24.5 Å². The van der Waals surface area contributed by atoms with Crippen molar-refractivity contribution in [3.8, 4) is 5.75 Å². The second-order valence-corrected chi connectivity index (χ2v) is 7.34. The molecule has 0 heterocycles. The number of carboxylic acid groups (broad SMARTS) is 1. The Bertz CT molecular complexity index is 1050. The second kappa shape index (κ2) is 13.4. The predicted molar refractivity (Wildman–Crippen MR) is 125 cm³/mol. The Morgan fingerprint density at radius 2 is 1.85 bits per heavy atom. The summed E-state index contributed by atoms with van der Waals surface area (Å²) in [5.41, 5.74) is 0.320. The van der Waals surface area contributed by atoms with Crippen molar-refractivity contribution in [2.75, 3.05) is 13.2 Å². The van der Waals surface area contributed by atoms with E-state index in [4.69, 9.17) is 9.84 Å². The van der Waals surface area contributed by atoms with Crippen molar-refractivity contribution in [1.29, 1.82) is 0 Å². The van der Waals surface area contributed by atoms with Crippen LogP contribution in [0.5, 0.6) is 5.75 Å². The number of hydrogen-bond acceptors (Lipinski definition) is 6. The first-order valence-corrected chi connectivity index (χ1v) is 10.8. The minimum Gasteiger partial charge on any atom is -0.494 e. The van der Waals surface area contributed by atoms with E-state index in [-0.39, 0.29) is 36.3 Å². The number of unbranched alkanes of at least 4 members (excludes halogenated alkanes) is 1. The Hall–Kier alpha value is -4.21. The highest BCUT2D eigenvalue weighted by atomic mass is 16.6. The van der Waals surface area contributed by atoms with Gasteiger partial charge in [-0.3, -0.25) is 24.5 Å². The number of ether oxygens (including phenoxy) is 1. The first kappa shape index (κ1) is 26.0. The third kappa shape index (κ3) is 8.73. The molecule has 3 N–H and O–H groups in total. The summed E-state index contributed by atoms with van der Waals surface area (Å²) in [5, 5.41) is 24.9. The maximum atomic E-state index is 12.8. The van der Waals surface area contributed by atoms with E-state index in [1.54, 1.807) is 30.3 Å². The molecule has 2 aromatic rings. The lowest BCUT2D eigenvalue weighted by molar-refractivity contribution is -0.384. The normalized spacial score (nSPS) is 10.9. The number of benzene rings is 2. The van der Waals surface area contributed by atoms with Gasteiger partial charge in [-0.15, -0.1) is 0 Å². The van der Waals surface area contributed by atoms with Crippen LogP contribution in [0.25, 0.3) is 6.08 Å². The quantitative estimate of drug-likeness (QED) is 0.176. The SMILES string of the molecule is CCCCOc1ccc(C(=O)NC(=Cc2cccc([N+](=O)[O-])c2)C(=O)NCCCC(=O)O)cc1. The zero-order chi connectivity index (χ0) is 24.9. The molecular weight excluding hydrogens is 442 g/mol. The number of nitro benzene ring substituents is 1. The van der Waals surface area contributed by atoms with Gasteiger partial charge in [-0.25, -0.2) is 0 Å². The molecular formula is C24H27N3O7. The minimum atomic E-state index is -0.989. The molecule has 10 nitrogen and oxygen atoms in total. The number of rotatable bonds is 13. The molecule has 0 fully saturated rings. The first-order chi connectivity index (χ1) is 16.3. The topological polar surface area (TPSA) is 148 Å². The van der Waals surface area contributed by atoms with Crippen LogP contribution in [0.1, 0.15) is 48.5 Å². The number of nitrogens with one attached hydrogen (secondary N) is 2. The van der Waals surface area contributed by atoms with Crippen molar-refractivity contribution < 1.29 is 29.2 Å². The Labute approximate surface area is 196 Å². The molecule has 0 aliphatic carbocycles. The standard InChI is InChI=1S/C24H27N3O7/c1-2-3-14-34-20-11-9-18(10-12-20)23(30)26-21(24(31)25-13-5-8-22(28)29)16-17-6-4-7-19(15-17)27(32)33/h4,6-7,9-12,15-16H,2-3,5,8,13-14H2,1H3,(H,25,31)(H,26,30)(H,28,29). The van der Waals surface area contributed by atoms with Gasteiger partial charge in [0.05, 0.1) is 11.5 Å². The van der Waals surface area contributed by atoms with E-state index in [2.05, 4.69) is 17.6 Å². The van der Waals surface area contributed by atoms with E-state index >= 15 is 0 Å². The number of hydrogen-bond donors (Lipinski definition) is 3. The maximum absolute atomic E-state index is 12.8. The number of nitro groups is 1. The van der Waals surface area contributed by atoms with Crippen molar-refractivity contribution in [2.45, 2.75) is 32.6 Å². The molecule has 2 rings (SSSR count). The van der Waals surface area contributed by atoms with Gasteiger partial charge in [-0.1, -0.05) is 25.5 Å². The molecule has 0 radical (unpaired) electrons. The molecule has 180 valence electrons. The molecule has 0 bridgehead atoms. The van der Waals surface area contributed by atoms with E-state index < -0.39 is 22.7 Å². The number of aliphatic carboxylic acids is 1. The fraction of sp³-hybridized carbons (Fsp3) is 0.292. The molecule has 0 unspecified atom stereocenters. The van der Waals surface area contributed by atoms with Crippen molar-refractivity contribution >= 4 is 29.5 Å². The summed E-state index contributed by atoms with van der Waals surface area (Å²) in [6, 6.07) is 12.0. The van der Waals surface area contributed by atoms with Gasteiger partial charge in [0.2, 0.25) is 0 Å². The third-order valence-corrected chi connectivity index (χ3v) is 4.62. The lowest BCUT2D eigenvalue weighted by Gasteiger charge is -2.12. The number of carbonyl (C=O) groups is 3. The van der Waals surface area contributed by atoms with E-state index in [1.807, 2.05) is 0 Å². The van der Waals surface area contributed by atoms with Crippen molar-refractivity contribution in [3.05, 3.63) is 75.5 Å². The van der Waals surface area contributed by atoms with E-state index in [0.29, 0.717) is 17.9 Å². The summed E-state index contributed by atoms with van der Waals surface area (Å²) in [5.74, 6) is -1.58. The van der Waals surface area contributed by atoms with Crippen molar-refractivity contribution in [3.63, 3.8) is 0 Å². The lowest BCUT2D eigenvalue weighted by atomic mass is 10.1. The summed E-state index contributed by atoms with van der Waals surface area (Å²) in [6.45, 7) is 2.70. The number of carboxylic acids is 1. The molecule has 10 heteroatoms. The average Bonchev–Trinajstić information content (AvgIpc) is 2.82.